The molecule has 0 radical (unpaired) electrons. The molecule has 11 heteroatoms. The van der Waals surface area contributed by atoms with E-state index in [1.165, 1.54) is 15.2 Å². The lowest BCUT2D eigenvalue weighted by Gasteiger charge is -2.36. The van der Waals surface area contributed by atoms with Crippen LogP contribution in [0.4, 0.5) is 5.69 Å². The number of sulfonamides is 1. The van der Waals surface area contributed by atoms with E-state index in [0.717, 1.165) is 30.9 Å². The van der Waals surface area contributed by atoms with E-state index in [4.69, 9.17) is 11.6 Å². The summed E-state index contributed by atoms with van der Waals surface area (Å²) in [5.41, 5.74) is 2.26. The van der Waals surface area contributed by atoms with Gasteiger partial charge in [0.2, 0.25) is 5.03 Å². The average molecular weight is 523 g/mol. The summed E-state index contributed by atoms with van der Waals surface area (Å²) in [6, 6.07) is 5.73. The Balaban J connectivity index is 1.47. The SMILES string of the molecule is Cc1ccc(Cl)cc1N1CCN(S(=O)(=O)c2nn(C)cc2C(=O)N2CCN(CC(C)C)CC2)CC1. The van der Waals surface area contributed by atoms with E-state index >= 15 is 0 Å². The predicted molar refractivity (Wildman–Crippen MR) is 138 cm³/mol. The van der Waals surface area contributed by atoms with Crippen LogP contribution in [0.25, 0.3) is 0 Å². The van der Waals surface area contributed by atoms with Crippen LogP contribution in [0.2, 0.25) is 5.02 Å². The maximum absolute atomic E-state index is 13.6. The summed E-state index contributed by atoms with van der Waals surface area (Å²) < 4.78 is 30.0. The molecule has 0 N–H and O–H groups in total. The molecule has 3 heterocycles. The lowest BCUT2D eigenvalue weighted by Crippen LogP contribution is -2.50. The van der Waals surface area contributed by atoms with Crippen molar-refractivity contribution in [3.8, 4) is 0 Å². The Kier molecular flexibility index (Phi) is 7.75. The molecule has 192 valence electrons. The standard InChI is InChI=1S/C24H35ClN6O3S/c1-18(2)16-28-7-9-30(10-8-28)24(32)21-17-27(4)26-23(21)35(33,34)31-13-11-29(12-14-31)22-15-20(25)6-5-19(22)3/h5-6,15,17-18H,7-14,16H2,1-4H3. The number of rotatable bonds is 6. The first-order valence-electron chi connectivity index (χ1n) is 12.1. The van der Waals surface area contributed by atoms with Crippen LogP contribution in [0.15, 0.2) is 29.4 Å². The summed E-state index contributed by atoms with van der Waals surface area (Å²) in [4.78, 5) is 19.6. The van der Waals surface area contributed by atoms with Gasteiger partial charge in [-0.2, -0.15) is 9.40 Å². The Morgan fingerprint density at radius 1 is 1.06 bits per heavy atom. The molecule has 4 rings (SSSR count). The summed E-state index contributed by atoms with van der Waals surface area (Å²) in [6.45, 7) is 11.8. The second-order valence-corrected chi connectivity index (χ2v) is 12.1. The fourth-order valence-corrected chi connectivity index (χ4v) is 6.55. The summed E-state index contributed by atoms with van der Waals surface area (Å²) in [7, 11) is -2.27. The van der Waals surface area contributed by atoms with Crippen molar-refractivity contribution in [3.05, 3.63) is 40.5 Å². The fraction of sp³-hybridized carbons (Fsp3) is 0.583. The smallest absolute Gasteiger partial charge is 0.263 e. The highest BCUT2D eigenvalue weighted by Gasteiger charge is 2.36. The van der Waals surface area contributed by atoms with Crippen LogP contribution in [-0.4, -0.2) is 97.1 Å². The van der Waals surface area contributed by atoms with Crippen LogP contribution in [0.5, 0.6) is 0 Å². The molecule has 35 heavy (non-hydrogen) atoms. The van der Waals surface area contributed by atoms with Crippen molar-refractivity contribution in [2.24, 2.45) is 13.0 Å². The van der Waals surface area contributed by atoms with Crippen molar-refractivity contribution in [2.45, 2.75) is 25.8 Å². The van der Waals surface area contributed by atoms with Crippen molar-refractivity contribution >= 4 is 33.2 Å². The van der Waals surface area contributed by atoms with Gasteiger partial charge >= 0.3 is 0 Å². The molecule has 2 aliphatic heterocycles. The maximum Gasteiger partial charge on any atom is 0.263 e. The minimum Gasteiger partial charge on any atom is -0.369 e. The number of hydrogen-bond donors (Lipinski definition) is 0. The van der Waals surface area contributed by atoms with Gasteiger partial charge in [-0.3, -0.25) is 14.4 Å². The first-order chi connectivity index (χ1) is 16.6. The van der Waals surface area contributed by atoms with Gasteiger partial charge in [-0.05, 0) is 30.5 Å². The zero-order valence-electron chi connectivity index (χ0n) is 20.9. The van der Waals surface area contributed by atoms with Crippen molar-refractivity contribution in [2.75, 3.05) is 63.8 Å². The van der Waals surface area contributed by atoms with Gasteiger partial charge in [0.1, 0.15) is 0 Å². The third-order valence-corrected chi connectivity index (χ3v) is 8.71. The van der Waals surface area contributed by atoms with E-state index in [1.54, 1.807) is 11.9 Å². The number of benzene rings is 1. The van der Waals surface area contributed by atoms with Gasteiger partial charge in [0.25, 0.3) is 15.9 Å². The van der Waals surface area contributed by atoms with Crippen molar-refractivity contribution in [1.29, 1.82) is 0 Å². The van der Waals surface area contributed by atoms with E-state index in [0.29, 0.717) is 50.2 Å². The minimum atomic E-state index is -3.92. The van der Waals surface area contributed by atoms with Crippen molar-refractivity contribution < 1.29 is 13.2 Å². The Morgan fingerprint density at radius 2 is 1.71 bits per heavy atom. The molecule has 0 atom stereocenters. The Morgan fingerprint density at radius 3 is 2.34 bits per heavy atom. The highest BCUT2D eigenvalue weighted by molar-refractivity contribution is 7.89. The average Bonchev–Trinajstić information content (AvgIpc) is 3.23. The molecule has 0 aliphatic carbocycles. The first kappa shape index (κ1) is 25.9. The van der Waals surface area contributed by atoms with E-state index in [2.05, 4.69) is 28.7 Å². The highest BCUT2D eigenvalue weighted by atomic mass is 35.5. The Labute approximate surface area is 213 Å². The largest absolute Gasteiger partial charge is 0.369 e. The molecule has 1 amide bonds. The number of carbonyl (C=O) groups excluding carboxylic acids is 1. The summed E-state index contributed by atoms with van der Waals surface area (Å²) in [6.07, 6.45) is 1.53. The van der Waals surface area contributed by atoms with Crippen LogP contribution in [-0.2, 0) is 17.1 Å². The molecule has 1 aromatic carbocycles. The summed E-state index contributed by atoms with van der Waals surface area (Å²) in [5.74, 6) is 0.296. The molecule has 2 saturated heterocycles. The maximum atomic E-state index is 13.6. The number of hydrogen-bond acceptors (Lipinski definition) is 6. The number of aryl methyl sites for hydroxylation is 2. The monoisotopic (exact) mass is 522 g/mol. The van der Waals surface area contributed by atoms with Gasteiger partial charge in [-0.15, -0.1) is 0 Å². The molecule has 9 nitrogen and oxygen atoms in total. The first-order valence-corrected chi connectivity index (χ1v) is 13.9. The van der Waals surface area contributed by atoms with E-state index in [1.807, 2.05) is 25.1 Å². The van der Waals surface area contributed by atoms with Crippen LogP contribution in [0.3, 0.4) is 0 Å². The van der Waals surface area contributed by atoms with Crippen LogP contribution in [0.1, 0.15) is 29.8 Å². The second-order valence-electron chi connectivity index (χ2n) is 9.83. The minimum absolute atomic E-state index is 0.151. The zero-order chi connectivity index (χ0) is 25.3. The number of nitrogens with zero attached hydrogens (tertiary/aromatic N) is 6. The van der Waals surface area contributed by atoms with Crippen LogP contribution in [0, 0.1) is 12.8 Å². The molecule has 0 saturated carbocycles. The number of amides is 1. The number of aromatic nitrogens is 2. The Hall–Kier alpha value is -2.14. The van der Waals surface area contributed by atoms with Crippen molar-refractivity contribution in [3.63, 3.8) is 0 Å². The fourth-order valence-electron chi connectivity index (χ4n) is 4.84. The molecule has 0 unspecified atom stereocenters. The zero-order valence-corrected chi connectivity index (χ0v) is 22.5. The second kappa shape index (κ2) is 10.5. The quantitative estimate of drug-likeness (QED) is 0.579. The molecule has 2 fully saturated rings. The van der Waals surface area contributed by atoms with Crippen LogP contribution < -0.4 is 4.90 Å². The predicted octanol–water partition coefficient (Wildman–Crippen LogP) is 2.31. The molecule has 0 bridgehead atoms. The molecule has 2 aromatic rings. The van der Waals surface area contributed by atoms with E-state index in [-0.39, 0.29) is 16.5 Å². The van der Waals surface area contributed by atoms with Gasteiger partial charge < -0.3 is 9.80 Å². The summed E-state index contributed by atoms with van der Waals surface area (Å²) >= 11 is 6.18. The third-order valence-electron chi connectivity index (χ3n) is 6.64. The van der Waals surface area contributed by atoms with Gasteiger partial charge in [0.15, 0.2) is 0 Å². The lowest BCUT2D eigenvalue weighted by molar-refractivity contribution is 0.0620. The number of carbonyl (C=O) groups is 1. The highest BCUT2D eigenvalue weighted by Crippen LogP contribution is 2.27. The normalized spacial score (nSPS) is 18.5. The van der Waals surface area contributed by atoms with Crippen LogP contribution >= 0.6 is 11.6 Å². The van der Waals surface area contributed by atoms with Gasteiger partial charge in [-0.25, -0.2) is 8.42 Å². The summed E-state index contributed by atoms with van der Waals surface area (Å²) in [5, 5.41) is 4.73. The van der Waals surface area contributed by atoms with E-state index < -0.39 is 10.0 Å². The topological polar surface area (TPSA) is 82.0 Å². The van der Waals surface area contributed by atoms with Crippen molar-refractivity contribution in [1.82, 2.24) is 23.9 Å². The number of anilines is 1. The lowest BCUT2D eigenvalue weighted by atomic mass is 10.1. The molecule has 1 aromatic heterocycles. The van der Waals surface area contributed by atoms with Gasteiger partial charge in [0.05, 0.1) is 5.56 Å². The number of piperazine rings is 2. The van der Waals surface area contributed by atoms with Gasteiger partial charge in [0, 0.05) is 82.9 Å². The molecule has 0 spiro atoms. The number of halogens is 1. The molecule has 2 aliphatic rings. The van der Waals surface area contributed by atoms with E-state index in [9.17, 15) is 13.2 Å². The molecular weight excluding hydrogens is 488 g/mol. The van der Waals surface area contributed by atoms with Gasteiger partial charge in [-0.1, -0.05) is 31.5 Å². The molecular formula is C24H35ClN6O3S. The Bertz CT molecular complexity index is 1170. The third kappa shape index (κ3) is 5.66.